The predicted molar refractivity (Wildman–Crippen MR) is 127 cm³/mol. The van der Waals surface area contributed by atoms with Gasteiger partial charge in [0.25, 0.3) is 5.91 Å². The zero-order valence-corrected chi connectivity index (χ0v) is 19.5. The lowest BCUT2D eigenvalue weighted by Crippen LogP contribution is -2.46. The van der Waals surface area contributed by atoms with Gasteiger partial charge >= 0.3 is 0 Å². The first-order valence-electron chi connectivity index (χ1n) is 11.6. The summed E-state index contributed by atoms with van der Waals surface area (Å²) < 4.78 is 65.3. The molecule has 0 saturated carbocycles. The molecule has 0 spiro atoms. The molecule has 3 heterocycles. The van der Waals surface area contributed by atoms with Crippen LogP contribution in [0.5, 0.6) is 5.75 Å². The lowest BCUT2D eigenvalue weighted by molar-refractivity contribution is 0.102. The van der Waals surface area contributed by atoms with E-state index in [2.05, 4.69) is 17.2 Å². The fraction of sp³-hybridized carbons (Fsp3) is 0.308. The lowest BCUT2D eigenvalue weighted by Gasteiger charge is -2.37. The molecule has 2 aliphatic rings. The van der Waals surface area contributed by atoms with Crippen LogP contribution in [0.1, 0.15) is 29.3 Å². The molecule has 6 nitrogen and oxygen atoms in total. The quantitative estimate of drug-likeness (QED) is 0.509. The van der Waals surface area contributed by atoms with Gasteiger partial charge in [0, 0.05) is 37.3 Å². The maximum atomic E-state index is 15.5. The van der Waals surface area contributed by atoms with Crippen LogP contribution < -0.4 is 20.7 Å². The van der Waals surface area contributed by atoms with Gasteiger partial charge in [-0.2, -0.15) is 0 Å². The van der Waals surface area contributed by atoms with Crippen molar-refractivity contribution in [1.29, 1.82) is 0 Å². The number of nitrogens with two attached hydrogens (primary N) is 1. The van der Waals surface area contributed by atoms with Crippen LogP contribution in [0.2, 0.25) is 0 Å². The number of anilines is 2. The number of piperidine rings is 1. The third kappa shape index (κ3) is 4.26. The van der Waals surface area contributed by atoms with E-state index in [0.29, 0.717) is 30.4 Å². The Morgan fingerprint density at radius 2 is 1.89 bits per heavy atom. The normalized spacial score (nSPS) is 19.1. The van der Waals surface area contributed by atoms with Gasteiger partial charge < -0.3 is 20.7 Å². The van der Waals surface area contributed by atoms with Crippen molar-refractivity contribution in [2.45, 2.75) is 25.8 Å². The van der Waals surface area contributed by atoms with Gasteiger partial charge in [-0.3, -0.25) is 9.78 Å². The molecule has 1 fully saturated rings. The van der Waals surface area contributed by atoms with E-state index in [1.807, 2.05) is 4.90 Å². The molecule has 2 aliphatic heterocycles. The molecule has 1 saturated heterocycles. The van der Waals surface area contributed by atoms with E-state index in [1.54, 1.807) is 12.3 Å². The molecule has 0 unspecified atom stereocenters. The van der Waals surface area contributed by atoms with Crippen molar-refractivity contribution in [1.82, 2.24) is 4.98 Å². The average Bonchev–Trinajstić information content (AvgIpc) is 3.29. The van der Waals surface area contributed by atoms with Crippen LogP contribution in [0.4, 0.5) is 28.9 Å². The van der Waals surface area contributed by atoms with Gasteiger partial charge in [-0.05, 0) is 36.6 Å². The van der Waals surface area contributed by atoms with E-state index in [4.69, 9.17) is 10.5 Å². The fourth-order valence-electron chi connectivity index (χ4n) is 4.99. The average molecular weight is 500 g/mol. The van der Waals surface area contributed by atoms with Crippen LogP contribution in [-0.2, 0) is 6.42 Å². The molecular formula is C26H24F4N4O2. The maximum Gasteiger partial charge on any atom is 0.258 e. The number of halogens is 4. The number of aromatic nitrogens is 1. The first-order chi connectivity index (χ1) is 17.2. The van der Waals surface area contributed by atoms with Crippen LogP contribution in [0.3, 0.4) is 0 Å². The van der Waals surface area contributed by atoms with Crippen molar-refractivity contribution in [2.75, 3.05) is 29.9 Å². The van der Waals surface area contributed by atoms with Crippen molar-refractivity contribution < 1.29 is 27.1 Å². The third-order valence-electron chi connectivity index (χ3n) is 6.53. The highest BCUT2D eigenvalue weighted by Gasteiger charge is 2.30. The molecule has 5 rings (SSSR count). The summed E-state index contributed by atoms with van der Waals surface area (Å²) in [7, 11) is 0. The van der Waals surface area contributed by atoms with E-state index < -0.39 is 45.9 Å². The number of amides is 1. The van der Waals surface area contributed by atoms with Gasteiger partial charge in [0.2, 0.25) is 0 Å². The Hall–Kier alpha value is -3.66. The summed E-state index contributed by atoms with van der Waals surface area (Å²) in [6.45, 7) is 3.47. The Labute approximate surface area is 205 Å². The SMILES string of the molecule is C[C@@H]1C[C@H](N)CN(c2ccncc2NC(=O)c2ccc(F)c(-c3c(F)cc4c(c3F)OCC4)c2F)C1. The molecule has 188 valence electrons. The highest BCUT2D eigenvalue weighted by molar-refractivity contribution is 6.06. The Bertz CT molecular complexity index is 1340. The number of hydrogen-bond donors (Lipinski definition) is 2. The van der Waals surface area contributed by atoms with E-state index in [-0.39, 0.29) is 30.4 Å². The number of carbonyl (C=O) groups is 1. The molecule has 0 bridgehead atoms. The molecule has 1 aromatic heterocycles. The molecule has 36 heavy (non-hydrogen) atoms. The molecule has 10 heteroatoms. The number of benzene rings is 2. The number of carbonyl (C=O) groups excluding carboxylic acids is 1. The number of nitrogens with zero attached hydrogens (tertiary/aromatic N) is 2. The standard InChI is InChI=1S/C26H24F4N4O2/c1-13-8-15(31)12-34(11-13)20-4-6-32-10-19(20)33-26(35)16-2-3-17(27)21(23(16)29)22-18(28)9-14-5-7-36-25(14)24(22)30/h2-4,6,9-10,13,15H,5,7-8,11-12,31H2,1H3,(H,33,35)/t13-,15+/m1/s1. The monoisotopic (exact) mass is 500 g/mol. The summed E-state index contributed by atoms with van der Waals surface area (Å²) in [6, 6.07) is 4.39. The van der Waals surface area contributed by atoms with E-state index in [0.717, 1.165) is 24.6 Å². The summed E-state index contributed by atoms with van der Waals surface area (Å²) in [5.74, 6) is -5.78. The van der Waals surface area contributed by atoms with E-state index >= 15 is 8.78 Å². The summed E-state index contributed by atoms with van der Waals surface area (Å²) in [4.78, 5) is 19.1. The van der Waals surface area contributed by atoms with Crippen molar-refractivity contribution in [3.05, 3.63) is 71.1 Å². The van der Waals surface area contributed by atoms with Crippen LogP contribution >= 0.6 is 0 Å². The minimum atomic E-state index is -1.39. The third-order valence-corrected chi connectivity index (χ3v) is 6.53. The van der Waals surface area contributed by atoms with Crippen molar-refractivity contribution in [3.63, 3.8) is 0 Å². The van der Waals surface area contributed by atoms with Crippen molar-refractivity contribution in [3.8, 4) is 16.9 Å². The Morgan fingerprint density at radius 3 is 2.67 bits per heavy atom. The minimum Gasteiger partial charge on any atom is -0.490 e. The summed E-state index contributed by atoms with van der Waals surface area (Å²) >= 11 is 0. The number of pyridine rings is 1. The number of fused-ring (bicyclic) bond motifs is 1. The first kappa shape index (κ1) is 24.1. The van der Waals surface area contributed by atoms with Crippen LogP contribution in [0.25, 0.3) is 11.1 Å². The van der Waals surface area contributed by atoms with Gasteiger partial charge in [-0.15, -0.1) is 0 Å². The first-order valence-corrected chi connectivity index (χ1v) is 11.6. The highest BCUT2D eigenvalue weighted by Crippen LogP contribution is 2.40. The highest BCUT2D eigenvalue weighted by atomic mass is 19.1. The fourth-order valence-corrected chi connectivity index (χ4v) is 4.99. The minimum absolute atomic E-state index is 0.0522. The molecule has 3 aromatic rings. The Morgan fingerprint density at radius 1 is 1.11 bits per heavy atom. The summed E-state index contributed by atoms with van der Waals surface area (Å²) in [5, 5.41) is 2.61. The number of ether oxygens (including phenoxy) is 1. The molecule has 3 N–H and O–H groups in total. The maximum absolute atomic E-state index is 15.5. The van der Waals surface area contributed by atoms with Gasteiger partial charge in [-0.1, -0.05) is 6.92 Å². The second-order valence-electron chi connectivity index (χ2n) is 9.27. The number of nitrogens with one attached hydrogen (secondary N) is 1. The van der Waals surface area contributed by atoms with Crippen LogP contribution in [-0.4, -0.2) is 36.6 Å². The largest absolute Gasteiger partial charge is 0.490 e. The van der Waals surface area contributed by atoms with Crippen molar-refractivity contribution in [2.24, 2.45) is 11.7 Å². The second kappa shape index (κ2) is 9.42. The smallest absolute Gasteiger partial charge is 0.258 e. The van der Waals surface area contributed by atoms with Gasteiger partial charge in [0.15, 0.2) is 11.6 Å². The molecule has 2 atom stereocenters. The zero-order chi connectivity index (χ0) is 25.6. The molecule has 1 amide bonds. The second-order valence-corrected chi connectivity index (χ2v) is 9.27. The lowest BCUT2D eigenvalue weighted by atomic mass is 9.96. The topological polar surface area (TPSA) is 80.5 Å². The zero-order valence-electron chi connectivity index (χ0n) is 19.5. The summed E-state index contributed by atoms with van der Waals surface area (Å²) in [6.07, 6.45) is 4.13. The molecule has 0 aliphatic carbocycles. The Kier molecular flexibility index (Phi) is 6.29. The van der Waals surface area contributed by atoms with Crippen molar-refractivity contribution >= 4 is 17.3 Å². The molecular weight excluding hydrogens is 476 g/mol. The van der Waals surface area contributed by atoms with E-state index in [9.17, 15) is 13.6 Å². The van der Waals surface area contributed by atoms with Crippen LogP contribution in [0, 0.1) is 29.2 Å². The molecule has 2 aromatic carbocycles. The molecule has 0 radical (unpaired) electrons. The number of rotatable bonds is 4. The van der Waals surface area contributed by atoms with E-state index in [1.165, 1.54) is 6.20 Å². The van der Waals surface area contributed by atoms with Gasteiger partial charge in [0.1, 0.15) is 17.5 Å². The van der Waals surface area contributed by atoms with Gasteiger partial charge in [-0.25, -0.2) is 17.6 Å². The predicted octanol–water partition coefficient (Wildman–Crippen LogP) is 4.67. The number of hydrogen-bond acceptors (Lipinski definition) is 5. The van der Waals surface area contributed by atoms with Crippen LogP contribution in [0.15, 0.2) is 36.7 Å². The summed E-state index contributed by atoms with van der Waals surface area (Å²) in [5.41, 5.74) is 4.92. The Balaban J connectivity index is 1.50. The van der Waals surface area contributed by atoms with Gasteiger partial charge in [0.05, 0.1) is 40.9 Å².